The number of ketones is 1. The fourth-order valence-electron chi connectivity index (χ4n) is 2.82. The van der Waals surface area contributed by atoms with Crippen molar-refractivity contribution >= 4 is 34.8 Å². The third kappa shape index (κ3) is 3.70. The number of esters is 1. The van der Waals surface area contributed by atoms with Gasteiger partial charge >= 0.3 is 5.97 Å². The summed E-state index contributed by atoms with van der Waals surface area (Å²) in [6.45, 7) is 0. The molecule has 3 rings (SSSR count). The highest BCUT2D eigenvalue weighted by Gasteiger charge is 2.36. The minimum absolute atomic E-state index is 0.0292. The Morgan fingerprint density at radius 3 is 2.52 bits per heavy atom. The molecule has 2 aromatic carbocycles. The van der Waals surface area contributed by atoms with E-state index in [4.69, 9.17) is 12.2 Å². The van der Waals surface area contributed by atoms with Gasteiger partial charge in [0.05, 0.1) is 24.4 Å². The second kappa shape index (κ2) is 7.63. The van der Waals surface area contributed by atoms with E-state index in [1.165, 1.54) is 36.4 Å². The lowest BCUT2D eigenvalue weighted by Gasteiger charge is -2.31. The minimum Gasteiger partial charge on any atom is -0.463 e. The van der Waals surface area contributed by atoms with Crippen LogP contribution in [0.1, 0.15) is 17.2 Å². The highest BCUT2D eigenvalue weighted by Crippen LogP contribution is 2.33. The number of halogens is 2. The largest absolute Gasteiger partial charge is 0.463 e. The van der Waals surface area contributed by atoms with E-state index >= 15 is 0 Å². The van der Waals surface area contributed by atoms with Crippen molar-refractivity contribution in [1.82, 2.24) is 10.6 Å². The smallest absolute Gasteiger partial charge is 0.379 e. The SMILES string of the molecule is COC(=O)C(=O)C1=C(c2ccccc2F)NC(=S)N[C@H]1c1cccc(F)c1. The van der Waals surface area contributed by atoms with Gasteiger partial charge < -0.3 is 15.4 Å². The van der Waals surface area contributed by atoms with Crippen molar-refractivity contribution in [2.45, 2.75) is 6.04 Å². The first kappa shape index (κ1) is 18.7. The molecule has 0 aliphatic carbocycles. The highest BCUT2D eigenvalue weighted by atomic mass is 32.1. The third-order valence-corrected chi connectivity index (χ3v) is 4.23. The Morgan fingerprint density at radius 2 is 1.85 bits per heavy atom. The van der Waals surface area contributed by atoms with Gasteiger partial charge in [0.15, 0.2) is 5.11 Å². The van der Waals surface area contributed by atoms with Crippen molar-refractivity contribution in [3.8, 4) is 0 Å². The van der Waals surface area contributed by atoms with Crippen molar-refractivity contribution < 1.29 is 23.1 Å². The summed E-state index contributed by atoms with van der Waals surface area (Å²) in [4.78, 5) is 24.7. The van der Waals surface area contributed by atoms with E-state index in [1.807, 2.05) is 0 Å². The van der Waals surface area contributed by atoms with Crippen molar-refractivity contribution in [3.63, 3.8) is 0 Å². The van der Waals surface area contributed by atoms with E-state index in [0.29, 0.717) is 5.56 Å². The Labute approximate surface area is 159 Å². The van der Waals surface area contributed by atoms with Gasteiger partial charge in [-0.15, -0.1) is 0 Å². The maximum absolute atomic E-state index is 14.4. The van der Waals surface area contributed by atoms with Crippen LogP contribution in [-0.2, 0) is 14.3 Å². The van der Waals surface area contributed by atoms with Crippen LogP contribution in [0.3, 0.4) is 0 Å². The topological polar surface area (TPSA) is 67.4 Å². The molecule has 5 nitrogen and oxygen atoms in total. The zero-order valence-corrected chi connectivity index (χ0v) is 14.9. The molecule has 0 amide bonds. The number of methoxy groups -OCH3 is 1. The maximum atomic E-state index is 14.4. The molecule has 0 unspecified atom stereocenters. The van der Waals surface area contributed by atoms with Gasteiger partial charge in [-0.1, -0.05) is 24.3 Å². The number of hydrogen-bond acceptors (Lipinski definition) is 4. The highest BCUT2D eigenvalue weighted by molar-refractivity contribution is 7.80. The summed E-state index contributed by atoms with van der Waals surface area (Å²) >= 11 is 5.17. The molecule has 1 aliphatic rings. The summed E-state index contributed by atoms with van der Waals surface area (Å²) in [5, 5.41) is 5.67. The molecule has 0 saturated carbocycles. The molecule has 0 radical (unpaired) electrons. The molecule has 2 N–H and O–H groups in total. The summed E-state index contributed by atoms with van der Waals surface area (Å²) < 4.78 is 32.7. The van der Waals surface area contributed by atoms with E-state index in [1.54, 1.807) is 12.1 Å². The van der Waals surface area contributed by atoms with Gasteiger partial charge in [0.25, 0.3) is 5.78 Å². The summed E-state index contributed by atoms with van der Waals surface area (Å²) in [6.07, 6.45) is 0. The average Bonchev–Trinajstić information content (AvgIpc) is 2.66. The number of thiocarbonyl (C=S) groups is 1. The van der Waals surface area contributed by atoms with Crippen LogP contribution in [0.4, 0.5) is 8.78 Å². The monoisotopic (exact) mass is 388 g/mol. The molecule has 27 heavy (non-hydrogen) atoms. The Balaban J connectivity index is 2.27. The number of carbonyl (C=O) groups excluding carboxylic acids is 2. The van der Waals surface area contributed by atoms with Crippen LogP contribution in [0, 0.1) is 11.6 Å². The predicted octanol–water partition coefficient (Wildman–Crippen LogP) is 2.64. The summed E-state index contributed by atoms with van der Waals surface area (Å²) in [5.74, 6) is -3.27. The van der Waals surface area contributed by atoms with Gasteiger partial charge in [0, 0.05) is 5.56 Å². The Hall–Kier alpha value is -3.13. The van der Waals surface area contributed by atoms with Crippen LogP contribution in [0.5, 0.6) is 0 Å². The average molecular weight is 388 g/mol. The van der Waals surface area contributed by atoms with Crippen molar-refractivity contribution in [3.05, 3.63) is 76.9 Å². The molecular formula is C19H14F2N2O3S. The Kier molecular flexibility index (Phi) is 5.27. The van der Waals surface area contributed by atoms with Crippen LogP contribution in [-0.4, -0.2) is 24.0 Å². The third-order valence-electron chi connectivity index (χ3n) is 4.01. The summed E-state index contributed by atoms with van der Waals surface area (Å²) in [6, 6.07) is 10.2. The van der Waals surface area contributed by atoms with Crippen molar-refractivity contribution in [1.29, 1.82) is 0 Å². The maximum Gasteiger partial charge on any atom is 0.379 e. The molecular weight excluding hydrogens is 374 g/mol. The lowest BCUT2D eigenvalue weighted by atomic mass is 9.90. The molecule has 0 bridgehead atoms. The lowest BCUT2D eigenvalue weighted by molar-refractivity contribution is -0.150. The van der Waals surface area contributed by atoms with Gasteiger partial charge in [-0.25, -0.2) is 13.6 Å². The Bertz CT molecular complexity index is 975. The normalized spacial score (nSPS) is 16.4. The van der Waals surface area contributed by atoms with Crippen LogP contribution in [0.25, 0.3) is 5.70 Å². The van der Waals surface area contributed by atoms with Crippen molar-refractivity contribution in [2.24, 2.45) is 0 Å². The number of benzene rings is 2. The zero-order valence-electron chi connectivity index (χ0n) is 14.1. The standard InChI is InChI=1S/C19H14F2N2O3S/c1-26-18(25)17(24)14-15(10-5-4-6-11(20)9-10)22-19(27)23-16(14)12-7-2-3-8-13(12)21/h2-9,15H,1H3,(H2,22,23,27)/t15-/m0/s1. The molecule has 0 aromatic heterocycles. The molecule has 0 saturated heterocycles. The van der Waals surface area contributed by atoms with Crippen LogP contribution < -0.4 is 10.6 Å². The minimum atomic E-state index is -1.13. The molecule has 1 heterocycles. The number of carbonyl (C=O) groups is 2. The number of ether oxygens (including phenoxy) is 1. The fourth-order valence-corrected chi connectivity index (χ4v) is 3.04. The predicted molar refractivity (Wildman–Crippen MR) is 98.4 cm³/mol. The van der Waals surface area contributed by atoms with Gasteiger partial charge in [-0.05, 0) is 42.0 Å². The molecule has 138 valence electrons. The first-order valence-electron chi connectivity index (χ1n) is 7.87. The number of hydrogen-bond donors (Lipinski definition) is 2. The van der Waals surface area contributed by atoms with E-state index in [9.17, 15) is 18.4 Å². The first-order valence-corrected chi connectivity index (χ1v) is 8.28. The number of nitrogens with one attached hydrogen (secondary N) is 2. The van der Waals surface area contributed by atoms with Crippen LogP contribution in [0.2, 0.25) is 0 Å². The van der Waals surface area contributed by atoms with Gasteiger partial charge in [0.2, 0.25) is 0 Å². The summed E-state index contributed by atoms with van der Waals surface area (Å²) in [7, 11) is 1.06. The van der Waals surface area contributed by atoms with Crippen LogP contribution >= 0.6 is 12.2 Å². The van der Waals surface area contributed by atoms with E-state index in [0.717, 1.165) is 7.11 Å². The molecule has 2 aromatic rings. The van der Waals surface area contributed by atoms with Gasteiger partial charge in [-0.2, -0.15) is 0 Å². The zero-order chi connectivity index (χ0) is 19.6. The molecule has 0 spiro atoms. The Morgan fingerprint density at radius 1 is 1.11 bits per heavy atom. The van der Waals surface area contributed by atoms with E-state index in [2.05, 4.69) is 15.4 Å². The molecule has 8 heteroatoms. The quantitative estimate of drug-likeness (QED) is 0.477. The lowest BCUT2D eigenvalue weighted by Crippen LogP contribution is -2.46. The molecule has 1 atom stereocenters. The van der Waals surface area contributed by atoms with Crippen molar-refractivity contribution in [2.75, 3.05) is 7.11 Å². The number of rotatable bonds is 4. The molecule has 0 fully saturated rings. The fraction of sp³-hybridized carbons (Fsp3) is 0.105. The second-order valence-electron chi connectivity index (χ2n) is 5.68. The van der Waals surface area contributed by atoms with Crippen LogP contribution in [0.15, 0.2) is 54.1 Å². The molecule has 1 aliphatic heterocycles. The second-order valence-corrected chi connectivity index (χ2v) is 6.08. The van der Waals surface area contributed by atoms with E-state index < -0.39 is 29.4 Å². The summed E-state index contributed by atoms with van der Waals surface area (Å²) in [5.41, 5.74) is 0.308. The first-order chi connectivity index (χ1) is 12.9. The van der Waals surface area contributed by atoms with Gasteiger partial charge in [-0.3, -0.25) is 4.79 Å². The number of Topliss-reactive ketones (excluding diaryl/α,β-unsaturated/α-hetero) is 1. The van der Waals surface area contributed by atoms with E-state index in [-0.39, 0.29) is 21.9 Å². The van der Waals surface area contributed by atoms with Gasteiger partial charge in [0.1, 0.15) is 11.6 Å².